The largest absolute Gasteiger partial charge is 0.313 e. The number of aromatic nitrogens is 2. The maximum absolute atomic E-state index is 4.67. The zero-order valence-corrected chi connectivity index (χ0v) is 13.9. The molecule has 1 heterocycles. The van der Waals surface area contributed by atoms with Crippen LogP contribution in [-0.4, -0.2) is 16.3 Å². The fourth-order valence-corrected chi connectivity index (χ4v) is 2.51. The summed E-state index contributed by atoms with van der Waals surface area (Å²) in [6, 6.07) is 8.43. The number of hydrogen-bond acceptors (Lipinski definition) is 2. The molecule has 0 radical (unpaired) electrons. The van der Waals surface area contributed by atoms with Gasteiger partial charge >= 0.3 is 0 Å². The molecule has 2 rings (SSSR count). The minimum atomic E-state index is 0.452. The van der Waals surface area contributed by atoms with E-state index in [9.17, 15) is 0 Å². The quantitative estimate of drug-likeness (QED) is 0.799. The van der Waals surface area contributed by atoms with Crippen LogP contribution in [0.25, 0.3) is 5.69 Å². The molecule has 0 unspecified atom stereocenters. The van der Waals surface area contributed by atoms with E-state index in [-0.39, 0.29) is 0 Å². The van der Waals surface area contributed by atoms with Crippen molar-refractivity contribution in [2.24, 2.45) is 0 Å². The topological polar surface area (TPSA) is 29.9 Å². The van der Waals surface area contributed by atoms with Gasteiger partial charge in [-0.2, -0.15) is 5.10 Å². The summed E-state index contributed by atoms with van der Waals surface area (Å²) in [5.74, 6) is 0.452. The predicted molar refractivity (Wildman–Crippen MR) is 87.4 cm³/mol. The molecule has 0 bridgehead atoms. The molecule has 3 nitrogen and oxygen atoms in total. The third-order valence-corrected chi connectivity index (χ3v) is 3.73. The Morgan fingerprint density at radius 3 is 2.75 bits per heavy atom. The van der Waals surface area contributed by atoms with Gasteiger partial charge in [0.2, 0.25) is 0 Å². The Morgan fingerprint density at radius 2 is 2.10 bits per heavy atom. The molecule has 108 valence electrons. The molecule has 0 amide bonds. The molecule has 0 saturated carbocycles. The molecule has 0 saturated heterocycles. The van der Waals surface area contributed by atoms with Crippen LogP contribution in [0.3, 0.4) is 0 Å². The van der Waals surface area contributed by atoms with Crippen molar-refractivity contribution < 1.29 is 0 Å². The summed E-state index contributed by atoms with van der Waals surface area (Å²) in [5.41, 5.74) is 3.52. The van der Waals surface area contributed by atoms with Crippen LogP contribution in [0.4, 0.5) is 0 Å². The smallest absolute Gasteiger partial charge is 0.0691 e. The first-order valence-corrected chi connectivity index (χ1v) is 7.96. The Hall–Kier alpha value is -1.13. The molecule has 0 aliphatic rings. The van der Waals surface area contributed by atoms with Crippen molar-refractivity contribution in [1.29, 1.82) is 0 Å². The maximum Gasteiger partial charge on any atom is 0.0691 e. The van der Waals surface area contributed by atoms with E-state index in [1.54, 1.807) is 0 Å². The summed E-state index contributed by atoms with van der Waals surface area (Å²) >= 11 is 3.55. The van der Waals surface area contributed by atoms with E-state index in [0.717, 1.165) is 35.4 Å². The van der Waals surface area contributed by atoms with Crippen LogP contribution in [-0.2, 0) is 6.54 Å². The lowest BCUT2D eigenvalue weighted by Crippen LogP contribution is -2.15. The Kier molecular flexibility index (Phi) is 5.38. The standard InChI is InChI=1S/C16H22BrN3/c1-4-8-18-11-13-10-14(17)5-6-16(13)20-9-7-15(19-20)12(2)3/h5-7,9-10,12,18H,4,8,11H2,1-3H3. The zero-order valence-electron chi connectivity index (χ0n) is 12.4. The molecule has 2 aromatic rings. The Labute approximate surface area is 129 Å². The molecule has 1 aromatic heterocycles. The van der Waals surface area contributed by atoms with Crippen LogP contribution in [0.5, 0.6) is 0 Å². The third-order valence-electron chi connectivity index (χ3n) is 3.23. The van der Waals surface area contributed by atoms with Crippen molar-refractivity contribution in [1.82, 2.24) is 15.1 Å². The van der Waals surface area contributed by atoms with Crippen molar-refractivity contribution >= 4 is 15.9 Å². The summed E-state index contributed by atoms with van der Waals surface area (Å²) in [7, 11) is 0. The molecule has 0 atom stereocenters. The first-order valence-electron chi connectivity index (χ1n) is 7.17. The molecule has 20 heavy (non-hydrogen) atoms. The number of nitrogens with zero attached hydrogens (tertiary/aromatic N) is 2. The molecule has 1 aromatic carbocycles. The Bertz CT molecular complexity index is 561. The highest BCUT2D eigenvalue weighted by molar-refractivity contribution is 9.10. The summed E-state index contributed by atoms with van der Waals surface area (Å²) in [5, 5.41) is 8.13. The van der Waals surface area contributed by atoms with Gasteiger partial charge < -0.3 is 5.32 Å². The molecular weight excluding hydrogens is 314 g/mol. The second-order valence-corrected chi connectivity index (χ2v) is 6.21. The van der Waals surface area contributed by atoms with Gasteiger partial charge in [0, 0.05) is 17.2 Å². The number of hydrogen-bond donors (Lipinski definition) is 1. The van der Waals surface area contributed by atoms with Gasteiger partial charge in [-0.15, -0.1) is 0 Å². The van der Waals surface area contributed by atoms with Crippen LogP contribution in [0.1, 0.15) is 44.4 Å². The van der Waals surface area contributed by atoms with Crippen LogP contribution < -0.4 is 5.32 Å². The molecule has 0 aliphatic carbocycles. The minimum absolute atomic E-state index is 0.452. The van der Waals surface area contributed by atoms with Crippen molar-refractivity contribution in [2.75, 3.05) is 6.54 Å². The Balaban J connectivity index is 2.29. The SMILES string of the molecule is CCCNCc1cc(Br)ccc1-n1ccc(C(C)C)n1. The zero-order chi connectivity index (χ0) is 14.5. The third kappa shape index (κ3) is 3.70. The summed E-state index contributed by atoms with van der Waals surface area (Å²) in [6.07, 6.45) is 3.19. The first-order chi connectivity index (χ1) is 9.61. The molecule has 0 spiro atoms. The van der Waals surface area contributed by atoms with E-state index < -0.39 is 0 Å². The summed E-state index contributed by atoms with van der Waals surface area (Å²) in [6.45, 7) is 8.40. The fraction of sp³-hybridized carbons (Fsp3) is 0.438. The van der Waals surface area contributed by atoms with Crippen LogP contribution in [0.2, 0.25) is 0 Å². The van der Waals surface area contributed by atoms with E-state index in [1.807, 2.05) is 10.9 Å². The van der Waals surface area contributed by atoms with Crippen LogP contribution in [0.15, 0.2) is 34.9 Å². The number of halogens is 1. The summed E-state index contributed by atoms with van der Waals surface area (Å²) in [4.78, 5) is 0. The van der Waals surface area contributed by atoms with Crippen molar-refractivity contribution in [3.63, 3.8) is 0 Å². The van der Waals surface area contributed by atoms with Gasteiger partial charge in [-0.05, 0) is 48.7 Å². The van der Waals surface area contributed by atoms with E-state index in [2.05, 4.69) is 71.4 Å². The summed E-state index contributed by atoms with van der Waals surface area (Å²) < 4.78 is 3.08. The minimum Gasteiger partial charge on any atom is -0.313 e. The predicted octanol–water partition coefficient (Wildman–Crippen LogP) is 4.26. The van der Waals surface area contributed by atoms with Gasteiger partial charge in [0.15, 0.2) is 0 Å². The van der Waals surface area contributed by atoms with E-state index >= 15 is 0 Å². The highest BCUT2D eigenvalue weighted by atomic mass is 79.9. The van der Waals surface area contributed by atoms with Gasteiger partial charge in [0.05, 0.1) is 11.4 Å². The normalized spacial score (nSPS) is 11.2. The lowest BCUT2D eigenvalue weighted by Gasteiger charge is -2.11. The molecule has 0 fully saturated rings. The van der Waals surface area contributed by atoms with E-state index in [4.69, 9.17) is 0 Å². The molecule has 1 N–H and O–H groups in total. The highest BCUT2D eigenvalue weighted by Crippen LogP contribution is 2.21. The number of rotatable bonds is 6. The fourth-order valence-electron chi connectivity index (χ4n) is 2.10. The van der Waals surface area contributed by atoms with Gasteiger partial charge in [-0.1, -0.05) is 36.7 Å². The molecule has 0 aliphatic heterocycles. The van der Waals surface area contributed by atoms with Crippen molar-refractivity contribution in [3.8, 4) is 5.69 Å². The maximum atomic E-state index is 4.67. The second-order valence-electron chi connectivity index (χ2n) is 5.29. The van der Waals surface area contributed by atoms with Gasteiger partial charge in [0.1, 0.15) is 0 Å². The molecular formula is C16H22BrN3. The second kappa shape index (κ2) is 7.04. The van der Waals surface area contributed by atoms with Crippen molar-refractivity contribution in [3.05, 3.63) is 46.2 Å². The van der Waals surface area contributed by atoms with E-state index in [0.29, 0.717) is 5.92 Å². The average molecular weight is 336 g/mol. The number of nitrogens with one attached hydrogen (secondary N) is 1. The van der Waals surface area contributed by atoms with Crippen molar-refractivity contribution in [2.45, 2.75) is 39.7 Å². The average Bonchev–Trinajstić information content (AvgIpc) is 2.89. The first kappa shape index (κ1) is 15.3. The van der Waals surface area contributed by atoms with Gasteiger partial charge in [-0.25, -0.2) is 4.68 Å². The Morgan fingerprint density at radius 1 is 1.30 bits per heavy atom. The molecule has 4 heteroatoms. The highest BCUT2D eigenvalue weighted by Gasteiger charge is 2.09. The monoisotopic (exact) mass is 335 g/mol. The van der Waals surface area contributed by atoms with Gasteiger partial charge in [0.25, 0.3) is 0 Å². The lowest BCUT2D eigenvalue weighted by atomic mass is 10.1. The van der Waals surface area contributed by atoms with Crippen LogP contribution in [0, 0.1) is 0 Å². The number of benzene rings is 1. The lowest BCUT2D eigenvalue weighted by molar-refractivity contribution is 0.668. The van der Waals surface area contributed by atoms with Crippen LogP contribution >= 0.6 is 15.9 Å². The van der Waals surface area contributed by atoms with E-state index in [1.165, 1.54) is 5.56 Å². The van der Waals surface area contributed by atoms with Gasteiger partial charge in [-0.3, -0.25) is 0 Å².